The smallest absolute Gasteiger partial charge is 0.338 e. The van der Waals surface area contributed by atoms with Crippen molar-refractivity contribution in [2.75, 3.05) is 11.5 Å². The Morgan fingerprint density at radius 1 is 1.10 bits per heavy atom. The standard InChI is InChI=1S/C21H19ClN2O5/c1-13(14-4-2-6-16(22)10-14)23-18(25)12-29-21(28)15-5-3-7-17(11-15)24-19(26)8-9-20(24)27/h2-7,10-11,13H,8-9,12H2,1H3,(H,23,25)/t13-/m0/s1. The summed E-state index contributed by atoms with van der Waals surface area (Å²) in [5, 5.41) is 3.29. The molecule has 3 amide bonds. The number of benzene rings is 2. The highest BCUT2D eigenvalue weighted by molar-refractivity contribution is 6.30. The van der Waals surface area contributed by atoms with Gasteiger partial charge in [0.15, 0.2) is 6.61 Å². The van der Waals surface area contributed by atoms with Gasteiger partial charge in [0.25, 0.3) is 5.91 Å². The molecule has 0 saturated carbocycles. The van der Waals surface area contributed by atoms with E-state index in [1.165, 1.54) is 12.1 Å². The van der Waals surface area contributed by atoms with Crippen molar-refractivity contribution < 1.29 is 23.9 Å². The number of hydrogen-bond donors (Lipinski definition) is 1. The van der Waals surface area contributed by atoms with E-state index in [0.717, 1.165) is 10.5 Å². The Morgan fingerprint density at radius 3 is 2.48 bits per heavy atom. The van der Waals surface area contributed by atoms with Crippen molar-refractivity contribution in [3.05, 3.63) is 64.7 Å². The number of rotatable bonds is 6. The minimum absolute atomic E-state index is 0.144. The van der Waals surface area contributed by atoms with Gasteiger partial charge in [-0.05, 0) is 42.8 Å². The first-order valence-electron chi connectivity index (χ1n) is 9.03. The summed E-state index contributed by atoms with van der Waals surface area (Å²) in [7, 11) is 0. The Morgan fingerprint density at radius 2 is 1.79 bits per heavy atom. The minimum atomic E-state index is -0.725. The SMILES string of the molecule is C[C@H](NC(=O)COC(=O)c1cccc(N2C(=O)CCC2=O)c1)c1cccc(Cl)c1. The molecule has 29 heavy (non-hydrogen) atoms. The molecule has 1 saturated heterocycles. The van der Waals surface area contributed by atoms with Crippen LogP contribution in [0.2, 0.25) is 5.02 Å². The number of halogens is 1. The van der Waals surface area contributed by atoms with E-state index < -0.39 is 18.5 Å². The number of ether oxygens (including phenoxy) is 1. The highest BCUT2D eigenvalue weighted by Crippen LogP contribution is 2.23. The van der Waals surface area contributed by atoms with Gasteiger partial charge in [0.1, 0.15) is 0 Å². The van der Waals surface area contributed by atoms with Crippen molar-refractivity contribution in [3.8, 4) is 0 Å². The van der Waals surface area contributed by atoms with Crippen LogP contribution in [0.4, 0.5) is 5.69 Å². The van der Waals surface area contributed by atoms with Gasteiger partial charge in [0.05, 0.1) is 17.3 Å². The van der Waals surface area contributed by atoms with Gasteiger partial charge in [-0.2, -0.15) is 0 Å². The number of anilines is 1. The third kappa shape index (κ3) is 5.00. The fraction of sp³-hybridized carbons (Fsp3) is 0.238. The fourth-order valence-electron chi connectivity index (χ4n) is 2.99. The maximum absolute atomic E-state index is 12.3. The average Bonchev–Trinajstić information content (AvgIpc) is 3.04. The molecule has 0 spiro atoms. The largest absolute Gasteiger partial charge is 0.452 e. The number of nitrogens with zero attached hydrogens (tertiary/aromatic N) is 1. The Kier molecular flexibility index (Phi) is 6.29. The maximum Gasteiger partial charge on any atom is 0.338 e. The van der Waals surface area contributed by atoms with E-state index in [1.807, 2.05) is 6.07 Å². The summed E-state index contributed by atoms with van der Waals surface area (Å²) in [4.78, 5) is 49.1. The molecule has 150 valence electrons. The highest BCUT2D eigenvalue weighted by Gasteiger charge is 2.30. The first-order chi connectivity index (χ1) is 13.8. The zero-order valence-corrected chi connectivity index (χ0v) is 16.4. The van der Waals surface area contributed by atoms with Gasteiger partial charge in [-0.25, -0.2) is 4.79 Å². The number of imide groups is 1. The Labute approximate surface area is 172 Å². The lowest BCUT2D eigenvalue weighted by Gasteiger charge is -2.15. The topological polar surface area (TPSA) is 92.8 Å². The van der Waals surface area contributed by atoms with Crippen LogP contribution in [-0.2, 0) is 19.1 Å². The monoisotopic (exact) mass is 414 g/mol. The van der Waals surface area contributed by atoms with Crippen molar-refractivity contribution in [2.24, 2.45) is 0 Å². The summed E-state index contributed by atoms with van der Waals surface area (Å²) in [6.07, 6.45) is 0.303. The van der Waals surface area contributed by atoms with Gasteiger partial charge < -0.3 is 10.1 Å². The van der Waals surface area contributed by atoms with Crippen molar-refractivity contribution in [1.82, 2.24) is 5.32 Å². The Balaban J connectivity index is 1.58. The van der Waals surface area contributed by atoms with Crippen LogP contribution < -0.4 is 10.2 Å². The lowest BCUT2D eigenvalue weighted by Crippen LogP contribution is -2.31. The number of esters is 1. The molecule has 0 bridgehead atoms. The molecule has 0 aliphatic carbocycles. The fourth-order valence-corrected chi connectivity index (χ4v) is 3.19. The lowest BCUT2D eigenvalue weighted by molar-refractivity contribution is -0.125. The summed E-state index contributed by atoms with van der Waals surface area (Å²) in [5.41, 5.74) is 1.28. The van der Waals surface area contributed by atoms with Gasteiger partial charge in [-0.1, -0.05) is 29.8 Å². The number of nitrogens with one attached hydrogen (secondary N) is 1. The van der Waals surface area contributed by atoms with Crippen LogP contribution in [0.25, 0.3) is 0 Å². The first-order valence-corrected chi connectivity index (χ1v) is 9.41. The predicted octanol–water partition coefficient (Wildman–Crippen LogP) is 3.03. The van der Waals surface area contributed by atoms with E-state index in [1.54, 1.807) is 37.3 Å². The first kappa shape index (κ1) is 20.5. The summed E-state index contributed by atoms with van der Waals surface area (Å²) in [5.74, 6) is -1.81. The summed E-state index contributed by atoms with van der Waals surface area (Å²) < 4.78 is 5.06. The normalized spacial score (nSPS) is 14.6. The van der Waals surface area contributed by atoms with E-state index in [4.69, 9.17) is 16.3 Å². The quantitative estimate of drug-likeness (QED) is 0.579. The molecule has 7 nitrogen and oxygen atoms in total. The molecule has 2 aromatic carbocycles. The molecule has 1 N–H and O–H groups in total. The summed E-state index contributed by atoms with van der Waals surface area (Å²) in [6.45, 7) is 1.33. The van der Waals surface area contributed by atoms with Crippen LogP contribution in [-0.4, -0.2) is 30.3 Å². The van der Waals surface area contributed by atoms with Crippen LogP contribution in [0.15, 0.2) is 48.5 Å². The third-order valence-electron chi connectivity index (χ3n) is 4.45. The van der Waals surface area contributed by atoms with Gasteiger partial charge in [0, 0.05) is 17.9 Å². The average molecular weight is 415 g/mol. The third-order valence-corrected chi connectivity index (χ3v) is 4.69. The molecular weight excluding hydrogens is 396 g/mol. The molecule has 2 aromatic rings. The molecule has 1 atom stereocenters. The summed E-state index contributed by atoms with van der Waals surface area (Å²) >= 11 is 5.95. The molecule has 3 rings (SSSR count). The zero-order valence-electron chi connectivity index (χ0n) is 15.7. The maximum atomic E-state index is 12.3. The van der Waals surface area contributed by atoms with Gasteiger partial charge in [-0.15, -0.1) is 0 Å². The van der Waals surface area contributed by atoms with E-state index in [9.17, 15) is 19.2 Å². The second-order valence-corrected chi connectivity index (χ2v) is 7.03. The number of hydrogen-bond acceptors (Lipinski definition) is 5. The summed E-state index contributed by atoms with van der Waals surface area (Å²) in [6, 6.07) is 12.8. The molecule has 0 unspecified atom stereocenters. The zero-order chi connectivity index (χ0) is 21.0. The second-order valence-electron chi connectivity index (χ2n) is 6.59. The molecule has 1 fully saturated rings. The van der Waals surface area contributed by atoms with Crippen LogP contribution in [0.1, 0.15) is 41.7 Å². The Bertz CT molecular complexity index is 959. The van der Waals surface area contributed by atoms with E-state index in [2.05, 4.69) is 5.32 Å². The molecule has 1 aliphatic heterocycles. The van der Waals surface area contributed by atoms with Crippen LogP contribution in [0.5, 0.6) is 0 Å². The van der Waals surface area contributed by atoms with Crippen LogP contribution in [0.3, 0.4) is 0 Å². The van der Waals surface area contributed by atoms with Crippen molar-refractivity contribution >= 4 is 41.0 Å². The molecule has 1 heterocycles. The highest BCUT2D eigenvalue weighted by atomic mass is 35.5. The van der Waals surface area contributed by atoms with E-state index in [-0.39, 0.29) is 36.3 Å². The number of carbonyl (C=O) groups is 4. The predicted molar refractivity (Wildman–Crippen MR) is 106 cm³/mol. The van der Waals surface area contributed by atoms with Gasteiger partial charge in [0.2, 0.25) is 11.8 Å². The van der Waals surface area contributed by atoms with E-state index in [0.29, 0.717) is 10.7 Å². The van der Waals surface area contributed by atoms with Crippen LogP contribution >= 0.6 is 11.6 Å². The lowest BCUT2D eigenvalue weighted by atomic mass is 10.1. The minimum Gasteiger partial charge on any atom is -0.452 e. The van der Waals surface area contributed by atoms with Crippen molar-refractivity contribution in [1.29, 1.82) is 0 Å². The number of carbonyl (C=O) groups excluding carboxylic acids is 4. The molecular formula is C21H19ClN2O5. The Hall–Kier alpha value is -3.19. The number of amides is 3. The van der Waals surface area contributed by atoms with Gasteiger partial charge in [-0.3, -0.25) is 19.3 Å². The molecule has 0 radical (unpaired) electrons. The van der Waals surface area contributed by atoms with Crippen molar-refractivity contribution in [2.45, 2.75) is 25.8 Å². The van der Waals surface area contributed by atoms with E-state index >= 15 is 0 Å². The van der Waals surface area contributed by atoms with Crippen molar-refractivity contribution in [3.63, 3.8) is 0 Å². The molecule has 1 aliphatic rings. The second kappa shape index (κ2) is 8.87. The molecule has 8 heteroatoms. The molecule has 0 aromatic heterocycles. The van der Waals surface area contributed by atoms with Gasteiger partial charge >= 0.3 is 5.97 Å². The van der Waals surface area contributed by atoms with Crippen LogP contribution in [0, 0.1) is 0 Å².